The highest BCUT2D eigenvalue weighted by Crippen LogP contribution is 2.47. The van der Waals surface area contributed by atoms with Gasteiger partial charge >= 0.3 is 12.4 Å². The van der Waals surface area contributed by atoms with Crippen LogP contribution in [0.4, 0.5) is 37.7 Å². The number of benzene rings is 2. The van der Waals surface area contributed by atoms with E-state index in [4.69, 9.17) is 0 Å². The minimum atomic E-state index is -4.50. The molecule has 0 unspecified atom stereocenters. The molecule has 2 aliphatic heterocycles. The van der Waals surface area contributed by atoms with E-state index in [9.17, 15) is 35.9 Å². The lowest BCUT2D eigenvalue weighted by atomic mass is 10.1. The number of halogens is 6. The Kier molecular flexibility index (Phi) is 7.31. The van der Waals surface area contributed by atoms with Gasteiger partial charge in [-0.3, -0.25) is 9.59 Å². The number of nitrogens with zero attached hydrogens (tertiary/aromatic N) is 2. The van der Waals surface area contributed by atoms with Crippen LogP contribution in [0.1, 0.15) is 36.1 Å². The summed E-state index contributed by atoms with van der Waals surface area (Å²) in [6.07, 6.45) is -10.5. The van der Waals surface area contributed by atoms with Gasteiger partial charge in [0.05, 0.1) is 12.8 Å². The maximum absolute atomic E-state index is 13.3. The molecule has 0 spiro atoms. The van der Waals surface area contributed by atoms with Crippen LogP contribution < -0.4 is 9.80 Å². The number of carbonyl (C=O) groups is 2. The average molecular weight is 549 g/mol. The Morgan fingerprint density at radius 1 is 0.722 bits per heavy atom. The zero-order valence-electron chi connectivity index (χ0n) is 19.3. The third-order valence-electron chi connectivity index (χ3n) is 6.08. The van der Waals surface area contributed by atoms with Gasteiger partial charge in [0.2, 0.25) is 11.8 Å². The molecule has 0 bridgehead atoms. The van der Waals surface area contributed by atoms with Crippen molar-refractivity contribution >= 4 is 44.8 Å². The molecule has 0 saturated heterocycles. The Morgan fingerprint density at radius 2 is 1.08 bits per heavy atom. The summed E-state index contributed by atoms with van der Waals surface area (Å²) in [6, 6.07) is 5.94. The molecule has 0 saturated carbocycles. The van der Waals surface area contributed by atoms with Gasteiger partial charge in [-0.25, -0.2) is 0 Å². The minimum Gasteiger partial charge on any atom is -0.312 e. The lowest BCUT2D eigenvalue weighted by Gasteiger charge is -2.20. The van der Waals surface area contributed by atoms with Crippen molar-refractivity contribution in [3.05, 3.63) is 46.5 Å². The van der Waals surface area contributed by atoms with E-state index in [1.54, 1.807) is 12.1 Å². The van der Waals surface area contributed by atoms with Crippen molar-refractivity contribution in [2.24, 2.45) is 0 Å². The maximum Gasteiger partial charge on any atom is 0.393 e. The Hall–Kier alpha value is -2.34. The van der Waals surface area contributed by atoms with E-state index in [2.05, 4.69) is 0 Å². The lowest BCUT2D eigenvalue weighted by Crippen LogP contribution is -2.26. The number of amides is 2. The Balaban J connectivity index is 1.69. The third-order valence-corrected chi connectivity index (χ3v) is 8.61. The summed E-state index contributed by atoms with van der Waals surface area (Å²) in [5, 5.41) is 0. The summed E-state index contributed by atoms with van der Waals surface area (Å²) >= 11 is 0. The van der Waals surface area contributed by atoms with Gasteiger partial charge in [-0.2, -0.15) is 26.3 Å². The van der Waals surface area contributed by atoms with Gasteiger partial charge < -0.3 is 9.80 Å². The number of fused-ring (bicyclic) bond motifs is 2. The normalized spacial score (nSPS) is 15.3. The number of anilines is 2. The van der Waals surface area contributed by atoms with Crippen molar-refractivity contribution in [3.8, 4) is 0 Å². The molecular formula is C24H22F6N2O2S2. The first-order chi connectivity index (χ1) is 16.7. The fourth-order valence-electron chi connectivity index (χ4n) is 4.52. The fraction of sp³-hybridized carbons (Fsp3) is 0.417. The molecule has 2 aromatic carbocycles. The van der Waals surface area contributed by atoms with Crippen LogP contribution in [0.2, 0.25) is 0 Å². The van der Waals surface area contributed by atoms with Crippen LogP contribution in [0.15, 0.2) is 34.1 Å². The summed E-state index contributed by atoms with van der Waals surface area (Å²) < 4.78 is 80.0. The molecule has 4 nitrogen and oxygen atoms in total. The van der Waals surface area contributed by atoms with Crippen LogP contribution in [0, 0.1) is 0 Å². The van der Waals surface area contributed by atoms with E-state index >= 15 is 0 Å². The Labute approximate surface area is 211 Å². The van der Waals surface area contributed by atoms with E-state index in [1.165, 1.54) is 35.8 Å². The predicted molar refractivity (Wildman–Crippen MR) is 128 cm³/mol. The van der Waals surface area contributed by atoms with Crippen LogP contribution >= 0.6 is 21.6 Å². The first-order valence-corrected chi connectivity index (χ1v) is 13.2. The van der Waals surface area contributed by atoms with E-state index in [0.717, 1.165) is 32.7 Å². The van der Waals surface area contributed by atoms with Gasteiger partial charge in [-0.15, -0.1) is 0 Å². The molecular weight excluding hydrogens is 526 g/mol. The lowest BCUT2D eigenvalue weighted by molar-refractivity contribution is -0.128. The molecule has 194 valence electrons. The smallest absolute Gasteiger partial charge is 0.312 e. The molecule has 0 aromatic heterocycles. The van der Waals surface area contributed by atoms with Gasteiger partial charge in [0, 0.05) is 48.1 Å². The second kappa shape index (κ2) is 9.85. The van der Waals surface area contributed by atoms with Crippen molar-refractivity contribution in [1.82, 2.24) is 0 Å². The number of alkyl halides is 6. The van der Waals surface area contributed by atoms with Gasteiger partial charge in [0.1, 0.15) is 0 Å². The minimum absolute atomic E-state index is 0.0341. The van der Waals surface area contributed by atoms with Crippen LogP contribution in [0.25, 0.3) is 0 Å². The van der Waals surface area contributed by atoms with E-state index < -0.39 is 25.2 Å². The van der Waals surface area contributed by atoms with E-state index in [1.807, 2.05) is 0 Å². The second-order valence-electron chi connectivity index (χ2n) is 8.77. The van der Waals surface area contributed by atoms with Crippen molar-refractivity contribution in [2.75, 3.05) is 22.9 Å². The highest BCUT2D eigenvalue weighted by atomic mass is 33.1. The molecule has 0 N–H and O–H groups in total. The van der Waals surface area contributed by atoms with Crippen molar-refractivity contribution in [2.45, 2.75) is 61.7 Å². The zero-order chi connectivity index (χ0) is 26.4. The summed E-state index contributed by atoms with van der Waals surface area (Å²) in [7, 11) is 1.95. The van der Waals surface area contributed by atoms with Gasteiger partial charge in [-0.05, 0) is 59.4 Å². The summed E-state index contributed by atoms with van der Waals surface area (Å²) in [4.78, 5) is 27.2. The highest BCUT2D eigenvalue weighted by molar-refractivity contribution is 8.76. The molecule has 2 aliphatic rings. The maximum atomic E-state index is 13.3. The third kappa shape index (κ3) is 5.96. The quantitative estimate of drug-likeness (QED) is 0.316. The van der Waals surface area contributed by atoms with Gasteiger partial charge in [0.15, 0.2) is 0 Å². The van der Waals surface area contributed by atoms with E-state index in [-0.39, 0.29) is 22.9 Å². The van der Waals surface area contributed by atoms with Crippen molar-refractivity contribution < 1.29 is 35.9 Å². The molecule has 2 heterocycles. The molecule has 2 amide bonds. The van der Waals surface area contributed by atoms with E-state index in [0.29, 0.717) is 47.1 Å². The first-order valence-electron chi connectivity index (χ1n) is 11.1. The van der Waals surface area contributed by atoms with Crippen LogP contribution in [0.3, 0.4) is 0 Å². The van der Waals surface area contributed by atoms with Crippen molar-refractivity contribution in [1.29, 1.82) is 0 Å². The van der Waals surface area contributed by atoms with Gasteiger partial charge in [0.25, 0.3) is 0 Å². The Bertz CT molecular complexity index is 1120. The monoisotopic (exact) mass is 548 g/mol. The summed E-state index contributed by atoms with van der Waals surface area (Å²) in [5.74, 6) is -0.535. The van der Waals surface area contributed by atoms with Crippen molar-refractivity contribution in [3.63, 3.8) is 0 Å². The fourth-order valence-corrected chi connectivity index (χ4v) is 7.03. The number of rotatable bonds is 5. The molecule has 12 heteroatoms. The summed E-state index contributed by atoms with van der Waals surface area (Å²) in [6.45, 7) is 3.43. The largest absolute Gasteiger partial charge is 0.393 e. The molecule has 0 fully saturated rings. The number of carbonyl (C=O) groups excluding carboxylic acids is 2. The SMILES string of the molecule is CC(=O)N1CCc2cc(SSc3cc4c(cc3CC(F)(F)F)N(C(C)=O)CC4)c(CC(F)(F)F)cc21. The predicted octanol–water partition coefficient (Wildman–Crippen LogP) is 6.51. The molecule has 2 aromatic rings. The number of hydrogen-bond donors (Lipinski definition) is 0. The molecule has 0 atom stereocenters. The highest BCUT2D eigenvalue weighted by Gasteiger charge is 2.34. The second-order valence-corrected chi connectivity index (χ2v) is 11.0. The van der Waals surface area contributed by atoms with Crippen LogP contribution in [0.5, 0.6) is 0 Å². The molecule has 0 aliphatic carbocycles. The average Bonchev–Trinajstić information content (AvgIpc) is 3.33. The molecule has 4 rings (SSSR count). The van der Waals surface area contributed by atoms with Crippen LogP contribution in [-0.4, -0.2) is 37.3 Å². The first kappa shape index (κ1) is 26.7. The summed E-state index contributed by atoms with van der Waals surface area (Å²) in [5.41, 5.74) is 2.26. The molecule has 0 radical (unpaired) electrons. The standard InChI is InChI=1S/C24H22F6N2O2S2/c1-13(33)31-5-3-15-9-21(17(7-19(15)31)11-23(25,26)27)35-36-22-10-16-4-6-32(14(2)34)20(16)8-18(22)12-24(28,29)30/h7-10H,3-6,11-12H2,1-2H3. The topological polar surface area (TPSA) is 40.6 Å². The number of hydrogen-bond acceptors (Lipinski definition) is 4. The van der Waals surface area contributed by atoms with Crippen LogP contribution in [-0.2, 0) is 35.3 Å². The Morgan fingerprint density at radius 3 is 1.39 bits per heavy atom. The zero-order valence-corrected chi connectivity index (χ0v) is 21.0. The molecule has 36 heavy (non-hydrogen) atoms. The van der Waals surface area contributed by atoms with Gasteiger partial charge in [-0.1, -0.05) is 21.6 Å².